The van der Waals surface area contributed by atoms with Crippen molar-refractivity contribution in [1.82, 2.24) is 30.0 Å². The lowest BCUT2D eigenvalue weighted by atomic mass is 9.85. The quantitative estimate of drug-likeness (QED) is 0.0594. The first-order chi connectivity index (χ1) is 34.7. The van der Waals surface area contributed by atoms with Gasteiger partial charge in [-0.15, -0.1) is 10.2 Å². The van der Waals surface area contributed by atoms with E-state index in [0.29, 0.717) is 39.5 Å². The van der Waals surface area contributed by atoms with Crippen LogP contribution in [0.4, 0.5) is 0 Å². The van der Waals surface area contributed by atoms with E-state index in [4.69, 9.17) is 9.47 Å². The van der Waals surface area contributed by atoms with Crippen LogP contribution in [-0.2, 0) is 22.6 Å². The molecule has 8 heteroatoms. The van der Waals surface area contributed by atoms with Gasteiger partial charge >= 0.3 is 0 Å². The first-order valence-corrected chi connectivity index (χ1v) is 23.7. The molecule has 0 bridgehead atoms. The van der Waals surface area contributed by atoms with E-state index in [1.54, 1.807) is 0 Å². The fourth-order valence-corrected chi connectivity index (χ4v) is 8.78. The van der Waals surface area contributed by atoms with Gasteiger partial charge in [0.2, 0.25) is 0 Å². The standard InChI is InChI=1S/C62H52N6O2/c1-7-19-49(20-8-1)59(50-21-9-2-10-22-50)61(53-27-15-5-16-28-53)55-35-31-47(32-36-55)57-45-67(65-63-57)39-41-69-43-44-70-42-40-68-46-58(64-66-68)48-33-37-56(38-34-48)62(54-29-17-6-18-30-54)60(51-23-11-3-12-24-51)52-25-13-4-14-26-52/h1-38,45-46H,39-44H2. The lowest BCUT2D eigenvalue weighted by Crippen LogP contribution is -2.13. The van der Waals surface area contributed by atoms with Crippen LogP contribution >= 0.6 is 0 Å². The molecule has 0 aliphatic rings. The van der Waals surface area contributed by atoms with Crippen molar-refractivity contribution in [2.24, 2.45) is 0 Å². The molecule has 342 valence electrons. The van der Waals surface area contributed by atoms with Gasteiger partial charge in [-0.1, -0.05) is 241 Å². The highest BCUT2D eigenvalue weighted by molar-refractivity contribution is 6.05. The summed E-state index contributed by atoms with van der Waals surface area (Å²) in [5, 5.41) is 17.8. The summed E-state index contributed by atoms with van der Waals surface area (Å²) in [6.07, 6.45) is 3.94. The molecule has 10 aromatic rings. The highest BCUT2D eigenvalue weighted by Crippen LogP contribution is 2.39. The normalized spacial score (nSPS) is 11.0. The maximum atomic E-state index is 5.91. The monoisotopic (exact) mass is 912 g/mol. The summed E-state index contributed by atoms with van der Waals surface area (Å²) in [6.45, 7) is 3.09. The van der Waals surface area contributed by atoms with Gasteiger partial charge in [-0.3, -0.25) is 0 Å². The summed E-state index contributed by atoms with van der Waals surface area (Å²) in [4.78, 5) is 0. The Morgan fingerprint density at radius 3 is 0.786 bits per heavy atom. The first kappa shape index (κ1) is 45.2. The lowest BCUT2D eigenvalue weighted by molar-refractivity contribution is 0.0402. The predicted octanol–water partition coefficient (Wildman–Crippen LogP) is 13.0. The van der Waals surface area contributed by atoms with E-state index in [2.05, 4.69) is 251 Å². The van der Waals surface area contributed by atoms with Gasteiger partial charge in [-0.05, 0) is 66.8 Å². The second-order valence-electron chi connectivity index (χ2n) is 16.8. The summed E-state index contributed by atoms with van der Waals surface area (Å²) in [5.74, 6) is 0. The van der Waals surface area contributed by atoms with Crippen LogP contribution in [-0.4, -0.2) is 56.4 Å². The van der Waals surface area contributed by atoms with Gasteiger partial charge in [0.1, 0.15) is 11.4 Å². The summed E-state index contributed by atoms with van der Waals surface area (Å²) in [6, 6.07) is 80.9. The fourth-order valence-electron chi connectivity index (χ4n) is 8.78. The zero-order chi connectivity index (χ0) is 47.2. The SMILES string of the molecule is c1ccc(C(=C(c2ccccc2)c2ccc(-c3cn(CCOCCOCCn4cc(-c5ccc(C(=C(c6ccccc6)c6ccccc6)c6ccccc6)cc5)nn4)nn3)cc2)c2ccccc2)cc1. The average molecular weight is 913 g/mol. The van der Waals surface area contributed by atoms with Crippen LogP contribution in [0.2, 0.25) is 0 Å². The van der Waals surface area contributed by atoms with Gasteiger partial charge in [0.05, 0.1) is 51.9 Å². The number of aromatic nitrogens is 6. The van der Waals surface area contributed by atoms with Crippen molar-refractivity contribution in [3.05, 3.63) is 287 Å². The van der Waals surface area contributed by atoms with E-state index in [-0.39, 0.29) is 0 Å². The smallest absolute Gasteiger partial charge is 0.113 e. The molecule has 0 aliphatic heterocycles. The molecule has 0 amide bonds. The molecule has 2 heterocycles. The zero-order valence-corrected chi connectivity index (χ0v) is 38.8. The Kier molecular flexibility index (Phi) is 14.5. The van der Waals surface area contributed by atoms with Crippen LogP contribution < -0.4 is 0 Å². The van der Waals surface area contributed by atoms with Crippen molar-refractivity contribution in [3.8, 4) is 22.5 Å². The van der Waals surface area contributed by atoms with Crippen LogP contribution in [0.5, 0.6) is 0 Å². The van der Waals surface area contributed by atoms with Crippen molar-refractivity contribution in [1.29, 1.82) is 0 Å². The highest BCUT2D eigenvalue weighted by atomic mass is 16.5. The lowest BCUT2D eigenvalue weighted by Gasteiger charge is -2.18. The van der Waals surface area contributed by atoms with Gasteiger partial charge in [0.15, 0.2) is 0 Å². The molecular formula is C62H52N6O2. The molecule has 8 nitrogen and oxygen atoms in total. The van der Waals surface area contributed by atoms with Gasteiger partial charge in [0.25, 0.3) is 0 Å². The third-order valence-electron chi connectivity index (χ3n) is 12.2. The van der Waals surface area contributed by atoms with Crippen molar-refractivity contribution >= 4 is 22.3 Å². The average Bonchev–Trinajstić information content (AvgIpc) is 4.12. The van der Waals surface area contributed by atoms with E-state index in [9.17, 15) is 0 Å². The van der Waals surface area contributed by atoms with Crippen molar-refractivity contribution in [2.75, 3.05) is 26.4 Å². The summed E-state index contributed by atoms with van der Waals surface area (Å²) < 4.78 is 15.5. The minimum Gasteiger partial charge on any atom is -0.377 e. The van der Waals surface area contributed by atoms with E-state index >= 15 is 0 Å². The van der Waals surface area contributed by atoms with E-state index in [1.165, 1.54) is 22.3 Å². The van der Waals surface area contributed by atoms with Crippen LogP contribution in [0.25, 0.3) is 44.8 Å². The highest BCUT2D eigenvalue weighted by Gasteiger charge is 2.18. The van der Waals surface area contributed by atoms with Crippen LogP contribution in [0, 0.1) is 0 Å². The number of hydrogen-bond donors (Lipinski definition) is 0. The van der Waals surface area contributed by atoms with Crippen LogP contribution in [0.3, 0.4) is 0 Å². The van der Waals surface area contributed by atoms with Crippen LogP contribution in [0.1, 0.15) is 44.5 Å². The predicted molar refractivity (Wildman–Crippen MR) is 281 cm³/mol. The third kappa shape index (κ3) is 10.9. The number of rotatable bonds is 19. The second-order valence-corrected chi connectivity index (χ2v) is 16.8. The molecule has 0 saturated heterocycles. The fraction of sp³-hybridized carbons (Fsp3) is 0.0968. The van der Waals surface area contributed by atoms with Gasteiger partial charge in [0, 0.05) is 11.1 Å². The van der Waals surface area contributed by atoms with Crippen LogP contribution in [0.15, 0.2) is 243 Å². The zero-order valence-electron chi connectivity index (χ0n) is 38.8. The Morgan fingerprint density at radius 2 is 0.529 bits per heavy atom. The molecule has 0 spiro atoms. The van der Waals surface area contributed by atoms with Crippen molar-refractivity contribution in [3.63, 3.8) is 0 Å². The maximum Gasteiger partial charge on any atom is 0.113 e. The largest absolute Gasteiger partial charge is 0.377 e. The molecule has 70 heavy (non-hydrogen) atoms. The molecule has 0 saturated carbocycles. The molecule has 0 aliphatic carbocycles. The van der Waals surface area contributed by atoms with Gasteiger partial charge in [-0.2, -0.15) is 0 Å². The molecule has 10 rings (SSSR count). The second kappa shape index (κ2) is 22.5. The number of benzene rings is 8. The molecule has 0 unspecified atom stereocenters. The Bertz CT molecular complexity index is 2950. The molecule has 0 radical (unpaired) electrons. The number of ether oxygens (including phenoxy) is 2. The summed E-state index contributed by atoms with van der Waals surface area (Å²) in [7, 11) is 0. The Balaban J connectivity index is 0.720. The molecule has 0 fully saturated rings. The topological polar surface area (TPSA) is 79.9 Å². The molecule has 0 N–H and O–H groups in total. The van der Waals surface area contributed by atoms with E-state index < -0.39 is 0 Å². The molecule has 2 aromatic heterocycles. The molecule has 0 atom stereocenters. The minimum atomic E-state index is 0.471. The number of hydrogen-bond acceptors (Lipinski definition) is 6. The first-order valence-electron chi connectivity index (χ1n) is 23.7. The van der Waals surface area contributed by atoms with Gasteiger partial charge in [-0.25, -0.2) is 9.36 Å². The van der Waals surface area contributed by atoms with Crippen molar-refractivity contribution in [2.45, 2.75) is 13.1 Å². The Labute approximate surface area is 409 Å². The third-order valence-corrected chi connectivity index (χ3v) is 12.2. The molecule has 8 aromatic carbocycles. The number of nitrogens with zero attached hydrogens (tertiary/aromatic N) is 6. The maximum absolute atomic E-state index is 5.91. The summed E-state index contributed by atoms with van der Waals surface area (Å²) >= 11 is 0. The Morgan fingerprint density at radius 1 is 0.286 bits per heavy atom. The van der Waals surface area contributed by atoms with E-state index in [1.807, 2.05) is 21.8 Å². The van der Waals surface area contributed by atoms with Crippen molar-refractivity contribution < 1.29 is 9.47 Å². The van der Waals surface area contributed by atoms with E-state index in [0.717, 1.165) is 67.0 Å². The molecular weight excluding hydrogens is 861 g/mol. The summed E-state index contributed by atoms with van der Waals surface area (Å²) in [5.41, 5.74) is 17.5. The minimum absolute atomic E-state index is 0.471. The Hall–Kier alpha value is -8.56. The van der Waals surface area contributed by atoms with Gasteiger partial charge < -0.3 is 9.47 Å².